The van der Waals surface area contributed by atoms with Gasteiger partial charge in [-0.1, -0.05) is 0 Å². The highest BCUT2D eigenvalue weighted by atomic mass is 32.1. The van der Waals surface area contributed by atoms with Gasteiger partial charge in [-0.3, -0.25) is 14.3 Å². The Balaban J connectivity index is 2.64. The summed E-state index contributed by atoms with van der Waals surface area (Å²) in [5, 5.41) is 18.2. The van der Waals surface area contributed by atoms with Gasteiger partial charge in [0.2, 0.25) is 6.23 Å². The minimum Gasteiger partial charge on any atom is -0.505 e. The first kappa shape index (κ1) is 15.5. The average Bonchev–Trinajstić information content (AvgIpc) is 2.63. The van der Waals surface area contributed by atoms with Crippen LogP contribution in [0, 0.1) is 4.77 Å². The van der Waals surface area contributed by atoms with E-state index < -0.39 is 46.5 Å². The molecule has 116 valence electrons. The van der Waals surface area contributed by atoms with Crippen LogP contribution >= 0.6 is 12.2 Å². The van der Waals surface area contributed by atoms with Crippen LogP contribution in [0.4, 0.5) is 17.6 Å². The molecule has 0 spiro atoms. The maximum atomic E-state index is 14.5. The number of H-pyrrole nitrogens is 1. The Morgan fingerprint density at radius 3 is 2.62 bits per heavy atom. The molecular weight excluding hydrogens is 320 g/mol. The number of aliphatic hydroxyl groups is 2. The molecule has 0 fully saturated rings. The van der Waals surface area contributed by atoms with Gasteiger partial charge in [0.05, 0.1) is 0 Å². The summed E-state index contributed by atoms with van der Waals surface area (Å²) < 4.78 is 58.0. The molecule has 0 aromatic carbocycles. The standard InChI is InChI=1S/C10H8F4N2O4S/c11-9(10(12,13)14)6(19)4(3-17)20-7(9)16-2-1-5(18)15-8(16)21/h1-2,7,17,19H,3H2,(H,15,18,21)/t7-,9?/m1/s1. The molecule has 0 bridgehead atoms. The summed E-state index contributed by atoms with van der Waals surface area (Å²) >= 11 is 4.65. The number of ether oxygens (including phenoxy) is 1. The number of nitrogens with zero attached hydrogens (tertiary/aromatic N) is 1. The summed E-state index contributed by atoms with van der Waals surface area (Å²) in [6, 6.07) is 0.809. The van der Waals surface area contributed by atoms with Gasteiger partial charge in [0.15, 0.2) is 16.3 Å². The monoisotopic (exact) mass is 328 g/mol. The SMILES string of the molecule is O=c1ccn([C@@H]2OC(CO)=C(O)C2(F)C(F)(F)F)c(=S)[nH]1. The normalized spacial score (nSPS) is 26.0. The number of aliphatic hydroxyl groups excluding tert-OH is 2. The van der Waals surface area contributed by atoms with Crippen LogP contribution in [-0.2, 0) is 4.74 Å². The lowest BCUT2D eigenvalue weighted by molar-refractivity contribution is -0.256. The summed E-state index contributed by atoms with van der Waals surface area (Å²) in [5.41, 5.74) is -5.01. The summed E-state index contributed by atoms with van der Waals surface area (Å²) in [6.45, 7) is -1.14. The molecule has 2 atom stereocenters. The van der Waals surface area contributed by atoms with Crippen LogP contribution < -0.4 is 5.56 Å². The van der Waals surface area contributed by atoms with Crippen molar-refractivity contribution >= 4 is 12.2 Å². The second-order valence-corrected chi connectivity index (χ2v) is 4.51. The third kappa shape index (κ3) is 2.21. The number of alkyl halides is 4. The van der Waals surface area contributed by atoms with Gasteiger partial charge in [-0.15, -0.1) is 0 Å². The molecular formula is C10H8F4N2O4S. The molecule has 1 aromatic rings. The van der Waals surface area contributed by atoms with Crippen LogP contribution in [0.15, 0.2) is 28.6 Å². The third-order valence-electron chi connectivity index (χ3n) is 2.86. The molecule has 3 N–H and O–H groups in total. The van der Waals surface area contributed by atoms with Crippen LogP contribution in [0.2, 0.25) is 0 Å². The van der Waals surface area contributed by atoms with E-state index in [1.54, 1.807) is 0 Å². The number of halogens is 4. The average molecular weight is 328 g/mol. The van der Waals surface area contributed by atoms with Crippen molar-refractivity contribution in [3.8, 4) is 0 Å². The van der Waals surface area contributed by atoms with Crippen molar-refractivity contribution in [1.82, 2.24) is 9.55 Å². The molecule has 2 heterocycles. The second-order valence-electron chi connectivity index (χ2n) is 4.13. The van der Waals surface area contributed by atoms with Crippen LogP contribution in [-0.4, -0.2) is 38.2 Å². The number of nitrogens with one attached hydrogen (secondary N) is 1. The van der Waals surface area contributed by atoms with E-state index in [9.17, 15) is 27.5 Å². The Morgan fingerprint density at radius 2 is 2.14 bits per heavy atom. The summed E-state index contributed by atoms with van der Waals surface area (Å²) in [4.78, 5) is 13.0. The van der Waals surface area contributed by atoms with E-state index in [0.717, 1.165) is 12.3 Å². The molecule has 1 aliphatic rings. The Hall–Kier alpha value is -1.88. The van der Waals surface area contributed by atoms with Gasteiger partial charge in [-0.25, -0.2) is 4.39 Å². The van der Waals surface area contributed by atoms with Crippen molar-refractivity contribution in [3.05, 3.63) is 38.9 Å². The van der Waals surface area contributed by atoms with Crippen LogP contribution in [0.25, 0.3) is 0 Å². The molecule has 0 saturated heterocycles. The lowest BCUT2D eigenvalue weighted by Gasteiger charge is -2.29. The van der Waals surface area contributed by atoms with Crippen molar-refractivity contribution in [2.24, 2.45) is 0 Å². The van der Waals surface area contributed by atoms with Crippen molar-refractivity contribution in [2.75, 3.05) is 6.61 Å². The van der Waals surface area contributed by atoms with Crippen LogP contribution in [0.3, 0.4) is 0 Å². The Morgan fingerprint density at radius 1 is 1.52 bits per heavy atom. The molecule has 6 nitrogen and oxygen atoms in total. The molecule has 11 heteroatoms. The van der Waals surface area contributed by atoms with Gasteiger partial charge in [0.25, 0.3) is 5.56 Å². The number of aromatic amines is 1. The molecule has 1 unspecified atom stereocenters. The minimum absolute atomic E-state index is 0.489. The molecule has 0 radical (unpaired) electrons. The van der Waals surface area contributed by atoms with Crippen molar-refractivity contribution in [3.63, 3.8) is 0 Å². The van der Waals surface area contributed by atoms with E-state index in [2.05, 4.69) is 17.0 Å². The maximum Gasteiger partial charge on any atom is 0.435 e. The first-order valence-corrected chi connectivity index (χ1v) is 5.81. The third-order valence-corrected chi connectivity index (χ3v) is 3.18. The van der Waals surface area contributed by atoms with E-state index in [4.69, 9.17) is 5.11 Å². The summed E-state index contributed by atoms with van der Waals surface area (Å²) in [5.74, 6) is -2.75. The lowest BCUT2D eigenvalue weighted by Crippen LogP contribution is -2.48. The van der Waals surface area contributed by atoms with Gasteiger partial charge in [-0.2, -0.15) is 13.2 Å². The van der Waals surface area contributed by atoms with E-state index >= 15 is 0 Å². The summed E-state index contributed by atoms with van der Waals surface area (Å²) in [6.07, 6.45) is -7.19. The van der Waals surface area contributed by atoms with Crippen molar-refractivity contribution in [2.45, 2.75) is 18.1 Å². The van der Waals surface area contributed by atoms with Crippen LogP contribution in [0.1, 0.15) is 6.23 Å². The van der Waals surface area contributed by atoms with Crippen molar-refractivity contribution in [1.29, 1.82) is 0 Å². The predicted molar refractivity (Wildman–Crippen MR) is 62.6 cm³/mol. The molecule has 0 saturated carbocycles. The molecule has 1 aliphatic heterocycles. The zero-order chi connectivity index (χ0) is 16.0. The number of hydrogen-bond donors (Lipinski definition) is 3. The predicted octanol–water partition coefficient (Wildman–Crippen LogP) is 1.47. The number of hydrogen-bond acceptors (Lipinski definition) is 5. The molecule has 2 rings (SSSR count). The van der Waals surface area contributed by atoms with Crippen LogP contribution in [0.5, 0.6) is 0 Å². The Kier molecular flexibility index (Phi) is 3.58. The summed E-state index contributed by atoms with van der Waals surface area (Å²) in [7, 11) is 0. The van der Waals surface area contributed by atoms with Gasteiger partial charge in [0.1, 0.15) is 6.61 Å². The Bertz CT molecular complexity index is 710. The lowest BCUT2D eigenvalue weighted by atomic mass is 10.0. The number of rotatable bonds is 2. The molecule has 21 heavy (non-hydrogen) atoms. The zero-order valence-electron chi connectivity index (χ0n) is 10.0. The highest BCUT2D eigenvalue weighted by molar-refractivity contribution is 7.71. The second kappa shape index (κ2) is 4.84. The van der Waals surface area contributed by atoms with E-state index in [0.29, 0.717) is 4.57 Å². The Labute approximate surface area is 118 Å². The van der Waals surface area contributed by atoms with E-state index in [1.807, 2.05) is 4.98 Å². The molecule has 0 amide bonds. The quantitative estimate of drug-likeness (QED) is 0.565. The maximum absolute atomic E-state index is 14.5. The highest BCUT2D eigenvalue weighted by Gasteiger charge is 2.70. The highest BCUT2D eigenvalue weighted by Crippen LogP contribution is 2.52. The zero-order valence-corrected chi connectivity index (χ0v) is 10.8. The first-order chi connectivity index (χ1) is 9.62. The fourth-order valence-electron chi connectivity index (χ4n) is 1.84. The van der Waals surface area contributed by atoms with E-state index in [-0.39, 0.29) is 0 Å². The molecule has 1 aromatic heterocycles. The fraction of sp³-hybridized carbons (Fsp3) is 0.400. The first-order valence-electron chi connectivity index (χ1n) is 5.40. The van der Waals surface area contributed by atoms with Crippen molar-refractivity contribution < 1.29 is 32.5 Å². The minimum atomic E-state index is -5.54. The fourth-order valence-corrected chi connectivity index (χ4v) is 2.10. The van der Waals surface area contributed by atoms with Gasteiger partial charge in [0, 0.05) is 12.3 Å². The number of aromatic nitrogens is 2. The van der Waals surface area contributed by atoms with Gasteiger partial charge < -0.3 is 14.9 Å². The van der Waals surface area contributed by atoms with Gasteiger partial charge in [-0.05, 0) is 12.2 Å². The smallest absolute Gasteiger partial charge is 0.435 e. The van der Waals surface area contributed by atoms with E-state index in [1.165, 1.54) is 0 Å². The molecule has 0 aliphatic carbocycles. The van der Waals surface area contributed by atoms with Gasteiger partial charge >= 0.3 is 11.8 Å². The topological polar surface area (TPSA) is 87.5 Å². The largest absolute Gasteiger partial charge is 0.505 e.